The number of amides is 1. The number of anilines is 1. The van der Waals surface area contributed by atoms with Crippen molar-refractivity contribution in [1.82, 2.24) is 39.9 Å². The summed E-state index contributed by atoms with van der Waals surface area (Å²) >= 11 is 0. The molecule has 2 aliphatic rings. The molecule has 1 unspecified atom stereocenters. The molecule has 3 aromatic heterocycles. The molecule has 13 heteroatoms. The van der Waals surface area contributed by atoms with Crippen molar-refractivity contribution in [3.63, 3.8) is 0 Å². The van der Waals surface area contributed by atoms with E-state index in [9.17, 15) is 9.90 Å². The first-order valence-electron chi connectivity index (χ1n) is 14.2. The summed E-state index contributed by atoms with van der Waals surface area (Å²) in [5.74, 6) is 0.771. The average molecular weight is 576 g/mol. The van der Waals surface area contributed by atoms with Crippen LogP contribution in [0.5, 0.6) is 0 Å². The number of carboxylic acid groups (broad SMARTS) is 1. The zero-order chi connectivity index (χ0) is 28.7. The van der Waals surface area contributed by atoms with Gasteiger partial charge in [0.2, 0.25) is 0 Å². The van der Waals surface area contributed by atoms with Gasteiger partial charge in [-0.1, -0.05) is 24.9 Å². The van der Waals surface area contributed by atoms with E-state index in [0.29, 0.717) is 24.5 Å². The molecule has 0 spiro atoms. The fraction of sp³-hybridized carbons (Fsp3) is 0.500. The van der Waals surface area contributed by atoms with Crippen LogP contribution < -0.4 is 4.90 Å². The molecule has 5 heterocycles. The third-order valence-electron chi connectivity index (χ3n) is 8.37. The second-order valence-corrected chi connectivity index (χ2v) is 17.9. The van der Waals surface area contributed by atoms with Gasteiger partial charge in [-0.05, 0) is 62.1 Å². The number of rotatable bonds is 9. The number of benzene rings is 1. The number of fused-ring (bicyclic) bond motifs is 3. The smallest absolute Gasteiger partial charge is 0.407 e. The average Bonchev–Trinajstić information content (AvgIpc) is 3.69. The van der Waals surface area contributed by atoms with Gasteiger partial charge in [-0.3, -0.25) is 0 Å². The first kappa shape index (κ1) is 27.3. The lowest BCUT2D eigenvalue weighted by Crippen LogP contribution is -2.51. The van der Waals surface area contributed by atoms with E-state index in [4.69, 9.17) is 4.74 Å². The predicted molar refractivity (Wildman–Crippen MR) is 158 cm³/mol. The van der Waals surface area contributed by atoms with Gasteiger partial charge in [-0.2, -0.15) is 5.10 Å². The topological polar surface area (TPSA) is 127 Å². The SMILES string of the molecule is CN(c1ccc(-c2ccc(-n3cccn3)c3nnn(COCC[Si](C)(C)C)c23)nn1)C1C[C@H]2CC[C@@H](C1)N2C(=O)O. The molecule has 2 bridgehead atoms. The van der Waals surface area contributed by atoms with Crippen molar-refractivity contribution >= 4 is 31.0 Å². The van der Waals surface area contributed by atoms with Gasteiger partial charge in [0.15, 0.2) is 5.82 Å². The Morgan fingerprint density at radius 3 is 2.51 bits per heavy atom. The van der Waals surface area contributed by atoms with E-state index in [1.807, 2.05) is 43.6 Å². The number of carbonyl (C=O) groups is 1. The highest BCUT2D eigenvalue weighted by atomic mass is 28.3. The number of aromatic nitrogens is 7. The monoisotopic (exact) mass is 575 g/mol. The fourth-order valence-corrected chi connectivity index (χ4v) is 6.87. The molecule has 1 aromatic carbocycles. The summed E-state index contributed by atoms with van der Waals surface area (Å²) in [5.41, 5.74) is 3.94. The number of piperidine rings is 1. The molecule has 1 N–H and O–H groups in total. The summed E-state index contributed by atoms with van der Waals surface area (Å²) in [7, 11) is 0.811. The number of ether oxygens (including phenoxy) is 1. The molecule has 216 valence electrons. The Balaban J connectivity index is 1.27. The Labute approximate surface area is 239 Å². The highest BCUT2D eigenvalue weighted by Gasteiger charge is 2.44. The minimum Gasteiger partial charge on any atom is -0.465 e. The first-order valence-corrected chi connectivity index (χ1v) is 17.9. The molecule has 1 amide bonds. The van der Waals surface area contributed by atoms with Crippen molar-refractivity contribution in [1.29, 1.82) is 0 Å². The van der Waals surface area contributed by atoms with Crippen LogP contribution in [0.4, 0.5) is 10.6 Å². The highest BCUT2D eigenvalue weighted by molar-refractivity contribution is 6.76. The molecular formula is C28H37N9O3Si. The highest BCUT2D eigenvalue weighted by Crippen LogP contribution is 2.38. The van der Waals surface area contributed by atoms with Gasteiger partial charge in [-0.15, -0.1) is 15.3 Å². The summed E-state index contributed by atoms with van der Waals surface area (Å²) in [4.78, 5) is 15.5. The quantitative estimate of drug-likeness (QED) is 0.227. The van der Waals surface area contributed by atoms with Gasteiger partial charge in [0.25, 0.3) is 0 Å². The Kier molecular flexibility index (Phi) is 7.24. The zero-order valence-electron chi connectivity index (χ0n) is 24.0. The molecule has 2 aliphatic heterocycles. The van der Waals surface area contributed by atoms with Gasteiger partial charge >= 0.3 is 6.09 Å². The third-order valence-corrected chi connectivity index (χ3v) is 10.1. The van der Waals surface area contributed by atoms with Crippen LogP contribution in [-0.4, -0.2) is 90.9 Å². The van der Waals surface area contributed by atoms with Crippen molar-refractivity contribution in [2.24, 2.45) is 0 Å². The second kappa shape index (κ2) is 10.9. The maximum Gasteiger partial charge on any atom is 0.407 e. The summed E-state index contributed by atoms with van der Waals surface area (Å²) < 4.78 is 9.60. The molecule has 0 saturated carbocycles. The van der Waals surface area contributed by atoms with E-state index in [-0.39, 0.29) is 18.1 Å². The lowest BCUT2D eigenvalue weighted by Gasteiger charge is -2.41. The maximum atomic E-state index is 11.7. The molecule has 3 atom stereocenters. The summed E-state index contributed by atoms with van der Waals surface area (Å²) in [6.07, 6.45) is 6.29. The Bertz CT molecular complexity index is 1500. The van der Waals surface area contributed by atoms with Crippen molar-refractivity contribution in [3.8, 4) is 16.9 Å². The molecule has 2 saturated heterocycles. The van der Waals surface area contributed by atoms with Crippen LogP contribution >= 0.6 is 0 Å². The van der Waals surface area contributed by atoms with Crippen LogP contribution in [0, 0.1) is 0 Å². The van der Waals surface area contributed by atoms with Gasteiger partial charge in [-0.25, -0.2) is 14.2 Å². The minimum atomic E-state index is -1.21. The Hall–Kier alpha value is -3.84. The third kappa shape index (κ3) is 5.43. The molecular weight excluding hydrogens is 538 g/mol. The van der Waals surface area contributed by atoms with Crippen LogP contribution in [0.3, 0.4) is 0 Å². The molecule has 6 rings (SSSR count). The van der Waals surface area contributed by atoms with Gasteiger partial charge in [0, 0.05) is 57.8 Å². The summed E-state index contributed by atoms with van der Waals surface area (Å²) in [6, 6.07) is 11.3. The van der Waals surface area contributed by atoms with E-state index in [0.717, 1.165) is 54.3 Å². The van der Waals surface area contributed by atoms with Gasteiger partial charge in [0.05, 0.1) is 11.4 Å². The summed E-state index contributed by atoms with van der Waals surface area (Å²) in [5, 5.41) is 32.2. The molecule has 0 radical (unpaired) electrons. The van der Waals surface area contributed by atoms with E-state index in [2.05, 4.69) is 50.1 Å². The Morgan fingerprint density at radius 1 is 1.10 bits per heavy atom. The number of hydrogen-bond donors (Lipinski definition) is 1. The molecule has 12 nitrogen and oxygen atoms in total. The normalized spacial score (nSPS) is 20.6. The zero-order valence-corrected chi connectivity index (χ0v) is 25.0. The number of hydrogen-bond acceptors (Lipinski definition) is 8. The minimum absolute atomic E-state index is 0.0771. The molecule has 41 heavy (non-hydrogen) atoms. The number of nitrogens with zero attached hydrogens (tertiary/aromatic N) is 9. The van der Waals surface area contributed by atoms with Gasteiger partial charge in [0.1, 0.15) is 17.8 Å². The van der Waals surface area contributed by atoms with E-state index < -0.39 is 14.2 Å². The van der Waals surface area contributed by atoms with Gasteiger partial charge < -0.3 is 19.6 Å². The van der Waals surface area contributed by atoms with E-state index in [1.165, 1.54) is 0 Å². The van der Waals surface area contributed by atoms with Crippen molar-refractivity contribution in [3.05, 3.63) is 42.7 Å². The Morgan fingerprint density at radius 2 is 1.88 bits per heavy atom. The van der Waals surface area contributed by atoms with Crippen LogP contribution in [0.1, 0.15) is 25.7 Å². The van der Waals surface area contributed by atoms with Crippen LogP contribution in [0.15, 0.2) is 42.7 Å². The maximum absolute atomic E-state index is 11.7. The van der Waals surface area contributed by atoms with E-state index in [1.54, 1.807) is 20.5 Å². The largest absolute Gasteiger partial charge is 0.465 e. The lowest BCUT2D eigenvalue weighted by atomic mass is 9.96. The fourth-order valence-electron chi connectivity index (χ4n) is 6.12. The van der Waals surface area contributed by atoms with Crippen molar-refractivity contribution < 1.29 is 14.6 Å². The predicted octanol–water partition coefficient (Wildman–Crippen LogP) is 4.50. The summed E-state index contributed by atoms with van der Waals surface area (Å²) in [6.45, 7) is 7.97. The molecule has 4 aromatic rings. The van der Waals surface area contributed by atoms with Crippen LogP contribution in [0.25, 0.3) is 28.0 Å². The second-order valence-electron chi connectivity index (χ2n) is 12.3. The van der Waals surface area contributed by atoms with Crippen LogP contribution in [-0.2, 0) is 11.5 Å². The van der Waals surface area contributed by atoms with Crippen LogP contribution in [0.2, 0.25) is 25.7 Å². The van der Waals surface area contributed by atoms with Crippen molar-refractivity contribution in [2.45, 2.75) is 76.2 Å². The first-order chi connectivity index (χ1) is 19.7. The van der Waals surface area contributed by atoms with Crippen molar-refractivity contribution in [2.75, 3.05) is 18.6 Å². The molecule has 0 aliphatic carbocycles. The lowest BCUT2D eigenvalue weighted by molar-refractivity contribution is 0.0803. The standard InChI is InChI=1S/C28H37N9O3Si/c1-34(21-16-19-6-7-20(17-21)37(19)28(38)39)25-11-9-23(30-31-25)22-8-10-24(35-13-5-12-29-35)26-27(22)36(33-32-26)18-40-14-15-41(2,3)4/h5,8-13,19-21H,6-7,14-18H2,1-4H3,(H,38,39)/t19-,20+,21?. The molecule has 2 fully saturated rings. The van der Waals surface area contributed by atoms with E-state index >= 15 is 0 Å².